The van der Waals surface area contributed by atoms with E-state index in [-0.39, 0.29) is 6.42 Å². The molecule has 1 atom stereocenters. The number of carboxylic acids is 1. The van der Waals surface area contributed by atoms with Gasteiger partial charge >= 0.3 is 5.97 Å². The van der Waals surface area contributed by atoms with Crippen molar-refractivity contribution in [2.24, 2.45) is 12.8 Å². The second-order valence-corrected chi connectivity index (χ2v) is 3.73. The number of aryl methyl sites for hydroxylation is 1. The molecular weight excluding hydrogens is 206 g/mol. The van der Waals surface area contributed by atoms with Crippen molar-refractivity contribution in [1.82, 2.24) is 9.78 Å². The molecule has 0 spiro atoms. The van der Waals surface area contributed by atoms with Crippen LogP contribution >= 0.6 is 0 Å². The molecule has 0 amide bonds. The first-order chi connectivity index (χ1) is 7.59. The molecule has 5 nitrogen and oxygen atoms in total. The molecule has 84 valence electrons. The maximum atomic E-state index is 10.6. The van der Waals surface area contributed by atoms with Crippen LogP contribution in [0, 0.1) is 0 Å². The summed E-state index contributed by atoms with van der Waals surface area (Å²) in [5.41, 5.74) is 7.41. The summed E-state index contributed by atoms with van der Waals surface area (Å²) in [6.07, 6.45) is -0.110. The second kappa shape index (κ2) is 3.94. The first-order valence-corrected chi connectivity index (χ1v) is 4.98. The van der Waals surface area contributed by atoms with Crippen molar-refractivity contribution in [3.8, 4) is 0 Å². The van der Waals surface area contributed by atoms with Crippen LogP contribution in [0.3, 0.4) is 0 Å². The number of aromatic nitrogens is 2. The first-order valence-electron chi connectivity index (χ1n) is 4.98. The minimum absolute atomic E-state index is 0.110. The molecule has 0 saturated heterocycles. The maximum absolute atomic E-state index is 10.6. The highest BCUT2D eigenvalue weighted by Crippen LogP contribution is 2.23. The van der Waals surface area contributed by atoms with Crippen LogP contribution in [-0.4, -0.2) is 20.9 Å². The third-order valence-electron chi connectivity index (χ3n) is 2.53. The van der Waals surface area contributed by atoms with Crippen LogP contribution in [0.15, 0.2) is 24.3 Å². The molecule has 16 heavy (non-hydrogen) atoms. The number of nitrogens with two attached hydrogens (primary N) is 1. The lowest BCUT2D eigenvalue weighted by Crippen LogP contribution is -2.16. The maximum Gasteiger partial charge on any atom is 0.305 e. The van der Waals surface area contributed by atoms with Crippen molar-refractivity contribution in [1.29, 1.82) is 0 Å². The highest BCUT2D eigenvalue weighted by atomic mass is 16.4. The molecule has 1 unspecified atom stereocenters. The van der Waals surface area contributed by atoms with E-state index < -0.39 is 12.0 Å². The van der Waals surface area contributed by atoms with Crippen LogP contribution < -0.4 is 5.73 Å². The molecule has 1 heterocycles. The van der Waals surface area contributed by atoms with E-state index in [9.17, 15) is 4.79 Å². The van der Waals surface area contributed by atoms with Gasteiger partial charge in [0.1, 0.15) is 0 Å². The summed E-state index contributed by atoms with van der Waals surface area (Å²) in [5.74, 6) is -0.915. The Kier molecular flexibility index (Phi) is 2.62. The van der Waals surface area contributed by atoms with Crippen molar-refractivity contribution < 1.29 is 9.90 Å². The molecule has 1 aromatic carbocycles. The second-order valence-electron chi connectivity index (χ2n) is 3.73. The fourth-order valence-corrected chi connectivity index (χ4v) is 1.80. The summed E-state index contributed by atoms with van der Waals surface area (Å²) in [4.78, 5) is 10.6. The fraction of sp³-hybridized carbons (Fsp3) is 0.273. The molecule has 0 bridgehead atoms. The molecule has 0 aliphatic carbocycles. The van der Waals surface area contributed by atoms with Gasteiger partial charge in [-0.1, -0.05) is 18.2 Å². The van der Waals surface area contributed by atoms with Crippen LogP contribution in [-0.2, 0) is 11.8 Å². The zero-order valence-corrected chi connectivity index (χ0v) is 8.92. The summed E-state index contributed by atoms with van der Waals surface area (Å²) >= 11 is 0. The number of hydrogen-bond acceptors (Lipinski definition) is 3. The quantitative estimate of drug-likeness (QED) is 0.808. The normalized spacial score (nSPS) is 12.9. The Labute approximate surface area is 92.5 Å². The molecule has 2 rings (SSSR count). The predicted molar refractivity (Wildman–Crippen MR) is 59.9 cm³/mol. The number of carboxylic acid groups (broad SMARTS) is 1. The van der Waals surface area contributed by atoms with Gasteiger partial charge in [-0.05, 0) is 6.07 Å². The van der Waals surface area contributed by atoms with E-state index >= 15 is 0 Å². The monoisotopic (exact) mass is 219 g/mol. The number of hydrogen-bond donors (Lipinski definition) is 2. The average Bonchev–Trinajstić information content (AvgIpc) is 2.56. The predicted octanol–water partition coefficient (Wildman–Crippen LogP) is 1.05. The van der Waals surface area contributed by atoms with Crippen molar-refractivity contribution in [2.75, 3.05) is 0 Å². The average molecular weight is 219 g/mol. The lowest BCUT2D eigenvalue weighted by molar-refractivity contribution is -0.137. The van der Waals surface area contributed by atoms with Crippen LogP contribution in [0.1, 0.15) is 18.2 Å². The van der Waals surface area contributed by atoms with Gasteiger partial charge in [-0.15, -0.1) is 0 Å². The number of fused-ring (bicyclic) bond motifs is 1. The number of benzene rings is 1. The van der Waals surface area contributed by atoms with Crippen LogP contribution in [0.4, 0.5) is 0 Å². The molecule has 0 aliphatic rings. The van der Waals surface area contributed by atoms with Gasteiger partial charge in [0.25, 0.3) is 0 Å². The Morgan fingerprint density at radius 3 is 2.94 bits per heavy atom. The Morgan fingerprint density at radius 1 is 1.56 bits per heavy atom. The number of rotatable bonds is 3. The van der Waals surface area contributed by atoms with Crippen molar-refractivity contribution >= 4 is 16.9 Å². The van der Waals surface area contributed by atoms with Gasteiger partial charge < -0.3 is 10.8 Å². The van der Waals surface area contributed by atoms with Gasteiger partial charge in [-0.2, -0.15) is 5.10 Å². The Morgan fingerprint density at radius 2 is 2.25 bits per heavy atom. The molecule has 0 fully saturated rings. The molecule has 0 aliphatic heterocycles. The van der Waals surface area contributed by atoms with Crippen molar-refractivity contribution in [3.05, 3.63) is 30.0 Å². The molecule has 0 saturated carbocycles. The fourth-order valence-electron chi connectivity index (χ4n) is 1.80. The van der Waals surface area contributed by atoms with Gasteiger partial charge in [0.05, 0.1) is 23.7 Å². The third kappa shape index (κ3) is 1.77. The topological polar surface area (TPSA) is 81.1 Å². The summed E-state index contributed by atoms with van der Waals surface area (Å²) in [6, 6.07) is 7.07. The molecule has 0 radical (unpaired) electrons. The molecular formula is C11H13N3O2. The van der Waals surface area contributed by atoms with E-state index in [1.165, 1.54) is 0 Å². The first kappa shape index (κ1) is 10.6. The van der Waals surface area contributed by atoms with Crippen molar-refractivity contribution in [3.63, 3.8) is 0 Å². The van der Waals surface area contributed by atoms with E-state index in [2.05, 4.69) is 5.10 Å². The summed E-state index contributed by atoms with van der Waals surface area (Å²) in [6.45, 7) is 0. The minimum atomic E-state index is -0.915. The smallest absolute Gasteiger partial charge is 0.305 e. The van der Waals surface area contributed by atoms with Crippen LogP contribution in [0.5, 0.6) is 0 Å². The number of nitrogens with zero attached hydrogens (tertiary/aromatic N) is 2. The lowest BCUT2D eigenvalue weighted by atomic mass is 10.1. The minimum Gasteiger partial charge on any atom is -0.481 e. The Hall–Kier alpha value is -1.88. The van der Waals surface area contributed by atoms with Gasteiger partial charge in [-0.3, -0.25) is 9.48 Å². The number of para-hydroxylation sites is 1. The van der Waals surface area contributed by atoms with E-state index in [0.717, 1.165) is 10.9 Å². The zero-order valence-electron chi connectivity index (χ0n) is 8.92. The number of carbonyl (C=O) groups is 1. The van der Waals surface area contributed by atoms with Gasteiger partial charge in [0, 0.05) is 12.4 Å². The van der Waals surface area contributed by atoms with Gasteiger partial charge in [-0.25, -0.2) is 0 Å². The molecule has 5 heteroatoms. The lowest BCUT2D eigenvalue weighted by Gasteiger charge is -2.05. The molecule has 2 aromatic rings. The van der Waals surface area contributed by atoms with Gasteiger partial charge in [0.15, 0.2) is 0 Å². The van der Waals surface area contributed by atoms with Crippen LogP contribution in [0.2, 0.25) is 0 Å². The molecule has 3 N–H and O–H groups in total. The van der Waals surface area contributed by atoms with Crippen molar-refractivity contribution in [2.45, 2.75) is 12.5 Å². The Bertz CT molecular complexity index is 533. The Balaban J connectivity index is 2.48. The SMILES string of the molecule is Cn1nc(C(N)CC(=O)O)c2ccccc21. The number of aliphatic carboxylic acids is 1. The largest absolute Gasteiger partial charge is 0.481 e. The highest BCUT2D eigenvalue weighted by molar-refractivity contribution is 5.83. The zero-order chi connectivity index (χ0) is 11.7. The van der Waals surface area contributed by atoms with Gasteiger partial charge in [0.2, 0.25) is 0 Å². The molecule has 1 aromatic heterocycles. The van der Waals surface area contributed by atoms with E-state index in [4.69, 9.17) is 10.8 Å². The summed E-state index contributed by atoms with van der Waals surface area (Å²) in [5, 5.41) is 13.9. The van der Waals surface area contributed by atoms with E-state index in [1.54, 1.807) is 4.68 Å². The summed E-state index contributed by atoms with van der Waals surface area (Å²) < 4.78 is 1.71. The van der Waals surface area contributed by atoms with Crippen LogP contribution in [0.25, 0.3) is 10.9 Å². The third-order valence-corrected chi connectivity index (χ3v) is 2.53. The van der Waals surface area contributed by atoms with E-state index in [0.29, 0.717) is 5.69 Å². The highest BCUT2D eigenvalue weighted by Gasteiger charge is 2.17. The standard InChI is InChI=1S/C11H13N3O2/c1-14-9-5-3-2-4-7(9)11(13-14)8(12)6-10(15)16/h2-5,8H,6,12H2,1H3,(H,15,16). The van der Waals surface area contributed by atoms with E-state index in [1.807, 2.05) is 31.3 Å². The summed E-state index contributed by atoms with van der Waals surface area (Å²) in [7, 11) is 1.82.